The summed E-state index contributed by atoms with van der Waals surface area (Å²) in [6.07, 6.45) is -0.165. The van der Waals surface area contributed by atoms with Crippen molar-refractivity contribution >= 4 is 26.9 Å². The van der Waals surface area contributed by atoms with Crippen molar-refractivity contribution in [3.8, 4) is 0 Å². The minimum Gasteiger partial charge on any atom is -0.454 e. The summed E-state index contributed by atoms with van der Waals surface area (Å²) < 4.78 is 45.3. The van der Waals surface area contributed by atoms with Crippen LogP contribution < -0.4 is 5.56 Å². The van der Waals surface area contributed by atoms with E-state index in [4.69, 9.17) is 4.74 Å². The van der Waals surface area contributed by atoms with Gasteiger partial charge in [0.05, 0.1) is 21.7 Å². The Labute approximate surface area is 184 Å². The van der Waals surface area contributed by atoms with Crippen molar-refractivity contribution in [3.05, 3.63) is 70.5 Å². The molecule has 0 bridgehead atoms. The third-order valence-electron chi connectivity index (χ3n) is 5.55. The SMILES string of the molecule is C[C@@H](OC(=O)C1CCN(S(=O)(=O)c2ccc(F)cc2)CC1)c1nc2ccccc2c(=O)[nH]1. The molecule has 1 fully saturated rings. The molecule has 1 aliphatic rings. The number of benzene rings is 2. The lowest BCUT2D eigenvalue weighted by Gasteiger charge is -2.30. The molecule has 1 aromatic heterocycles. The second-order valence-electron chi connectivity index (χ2n) is 7.68. The highest BCUT2D eigenvalue weighted by Crippen LogP contribution is 2.26. The molecule has 0 spiro atoms. The second-order valence-corrected chi connectivity index (χ2v) is 9.62. The molecule has 0 unspecified atom stereocenters. The molecule has 3 aromatic rings. The van der Waals surface area contributed by atoms with E-state index in [2.05, 4.69) is 9.97 Å². The number of aromatic amines is 1. The highest BCUT2D eigenvalue weighted by molar-refractivity contribution is 7.89. The van der Waals surface area contributed by atoms with Crippen LogP contribution in [0.15, 0.2) is 58.2 Å². The van der Waals surface area contributed by atoms with Crippen LogP contribution in [-0.4, -0.2) is 41.7 Å². The minimum atomic E-state index is -3.75. The number of ether oxygens (including phenoxy) is 1. The Kier molecular flexibility index (Phi) is 6.07. The maximum Gasteiger partial charge on any atom is 0.309 e. The zero-order chi connectivity index (χ0) is 22.9. The number of carbonyl (C=O) groups excluding carboxylic acids is 1. The molecule has 32 heavy (non-hydrogen) atoms. The number of carbonyl (C=O) groups is 1. The van der Waals surface area contributed by atoms with E-state index >= 15 is 0 Å². The fourth-order valence-corrected chi connectivity index (χ4v) is 5.18. The predicted octanol–water partition coefficient (Wildman–Crippen LogP) is 2.77. The minimum absolute atomic E-state index is 0.0138. The van der Waals surface area contributed by atoms with E-state index < -0.39 is 33.8 Å². The normalized spacial score (nSPS) is 16.7. The number of nitrogens with zero attached hydrogens (tertiary/aromatic N) is 2. The summed E-state index contributed by atoms with van der Waals surface area (Å²) in [6, 6.07) is 11.5. The molecule has 0 radical (unpaired) electrons. The van der Waals surface area contributed by atoms with Gasteiger partial charge in [0.25, 0.3) is 5.56 Å². The van der Waals surface area contributed by atoms with Crippen LogP contribution in [0.25, 0.3) is 10.9 Å². The average molecular weight is 459 g/mol. The number of para-hydroxylation sites is 1. The van der Waals surface area contributed by atoms with Gasteiger partial charge in [-0.1, -0.05) is 12.1 Å². The first-order valence-corrected chi connectivity index (χ1v) is 11.6. The molecule has 0 aliphatic carbocycles. The summed E-state index contributed by atoms with van der Waals surface area (Å²) in [7, 11) is -3.75. The molecular weight excluding hydrogens is 437 g/mol. The first-order chi connectivity index (χ1) is 15.3. The number of halogens is 1. The molecule has 4 rings (SSSR count). The van der Waals surface area contributed by atoms with Crippen LogP contribution in [0.4, 0.5) is 4.39 Å². The van der Waals surface area contributed by atoms with Gasteiger partial charge in [-0.2, -0.15) is 4.31 Å². The van der Waals surface area contributed by atoms with Crippen LogP contribution >= 0.6 is 0 Å². The second kappa shape index (κ2) is 8.79. The topological polar surface area (TPSA) is 109 Å². The average Bonchev–Trinajstić information content (AvgIpc) is 2.79. The fraction of sp³-hybridized carbons (Fsp3) is 0.318. The van der Waals surface area contributed by atoms with Crippen LogP contribution in [0, 0.1) is 11.7 Å². The number of H-pyrrole nitrogens is 1. The quantitative estimate of drug-likeness (QED) is 0.588. The van der Waals surface area contributed by atoms with E-state index in [-0.39, 0.29) is 29.4 Å². The molecule has 1 atom stereocenters. The Morgan fingerprint density at radius 3 is 2.50 bits per heavy atom. The molecule has 2 aromatic carbocycles. The van der Waals surface area contributed by atoms with Crippen molar-refractivity contribution in [1.29, 1.82) is 0 Å². The Morgan fingerprint density at radius 2 is 1.81 bits per heavy atom. The van der Waals surface area contributed by atoms with Gasteiger partial charge in [-0.3, -0.25) is 9.59 Å². The standard InChI is InChI=1S/C22H22FN3O5S/c1-14(20-24-19-5-3-2-4-18(19)21(27)25-20)31-22(28)15-10-12-26(13-11-15)32(29,30)17-8-6-16(23)7-9-17/h2-9,14-15H,10-13H2,1H3,(H,24,25,27)/t14-/m1/s1. The van der Waals surface area contributed by atoms with Gasteiger partial charge in [-0.25, -0.2) is 17.8 Å². The Morgan fingerprint density at radius 1 is 1.16 bits per heavy atom. The van der Waals surface area contributed by atoms with E-state index in [1.807, 2.05) is 0 Å². The summed E-state index contributed by atoms with van der Waals surface area (Å²) >= 11 is 0. The Bertz CT molecular complexity index is 1300. The van der Waals surface area contributed by atoms with E-state index in [1.165, 1.54) is 16.4 Å². The largest absolute Gasteiger partial charge is 0.454 e. The van der Waals surface area contributed by atoms with Crippen molar-refractivity contribution in [2.45, 2.75) is 30.8 Å². The summed E-state index contributed by atoms with van der Waals surface area (Å²) in [5, 5.41) is 0.449. The summed E-state index contributed by atoms with van der Waals surface area (Å²) in [4.78, 5) is 31.9. The number of piperidine rings is 1. The number of esters is 1. The van der Waals surface area contributed by atoms with Crippen molar-refractivity contribution in [2.75, 3.05) is 13.1 Å². The zero-order valence-electron chi connectivity index (χ0n) is 17.3. The lowest BCUT2D eigenvalue weighted by Crippen LogP contribution is -2.40. The molecule has 0 amide bonds. The lowest BCUT2D eigenvalue weighted by molar-refractivity contribution is -0.155. The number of sulfonamides is 1. The third-order valence-corrected chi connectivity index (χ3v) is 7.46. The van der Waals surface area contributed by atoms with Crippen LogP contribution in [0.2, 0.25) is 0 Å². The van der Waals surface area contributed by atoms with Gasteiger partial charge in [0.2, 0.25) is 10.0 Å². The highest BCUT2D eigenvalue weighted by atomic mass is 32.2. The van der Waals surface area contributed by atoms with Crippen LogP contribution in [-0.2, 0) is 19.6 Å². The number of nitrogens with one attached hydrogen (secondary N) is 1. The first kappa shape index (κ1) is 22.1. The van der Waals surface area contributed by atoms with Crippen molar-refractivity contribution in [3.63, 3.8) is 0 Å². The summed E-state index contributed by atoms with van der Waals surface area (Å²) in [6.45, 7) is 1.93. The fourth-order valence-electron chi connectivity index (χ4n) is 3.71. The number of fused-ring (bicyclic) bond motifs is 1. The van der Waals surface area contributed by atoms with Crippen molar-refractivity contribution < 1.29 is 22.3 Å². The molecule has 1 N–H and O–H groups in total. The summed E-state index contributed by atoms with van der Waals surface area (Å²) in [5.74, 6) is -1.20. The van der Waals surface area contributed by atoms with Gasteiger partial charge in [0, 0.05) is 13.1 Å². The van der Waals surface area contributed by atoms with Gasteiger partial charge in [-0.15, -0.1) is 0 Å². The maximum atomic E-state index is 13.1. The molecule has 2 heterocycles. The molecule has 168 valence electrons. The molecule has 0 saturated carbocycles. The summed E-state index contributed by atoms with van der Waals surface area (Å²) in [5.41, 5.74) is 0.196. The Hall–Kier alpha value is -3.11. The van der Waals surface area contributed by atoms with Crippen LogP contribution in [0.1, 0.15) is 31.7 Å². The van der Waals surface area contributed by atoms with Gasteiger partial charge in [0.1, 0.15) is 5.82 Å². The first-order valence-electron chi connectivity index (χ1n) is 10.2. The number of hydrogen-bond donors (Lipinski definition) is 1. The van der Waals surface area contributed by atoms with Crippen molar-refractivity contribution in [2.24, 2.45) is 5.92 Å². The lowest BCUT2D eigenvalue weighted by atomic mass is 9.98. The van der Waals surface area contributed by atoms with Gasteiger partial charge in [-0.05, 0) is 56.2 Å². The van der Waals surface area contributed by atoms with Crippen LogP contribution in [0.5, 0.6) is 0 Å². The molecular formula is C22H22FN3O5S. The monoisotopic (exact) mass is 459 g/mol. The maximum absolute atomic E-state index is 13.1. The van der Waals surface area contributed by atoms with Gasteiger partial charge in [0.15, 0.2) is 11.9 Å². The van der Waals surface area contributed by atoms with Gasteiger partial charge >= 0.3 is 5.97 Å². The molecule has 1 aliphatic heterocycles. The van der Waals surface area contributed by atoms with E-state index in [0.717, 1.165) is 12.1 Å². The molecule has 10 heteroatoms. The zero-order valence-corrected chi connectivity index (χ0v) is 18.1. The van der Waals surface area contributed by atoms with E-state index in [1.54, 1.807) is 31.2 Å². The Balaban J connectivity index is 1.39. The van der Waals surface area contributed by atoms with Crippen molar-refractivity contribution in [1.82, 2.24) is 14.3 Å². The number of rotatable bonds is 5. The highest BCUT2D eigenvalue weighted by Gasteiger charge is 2.33. The van der Waals surface area contributed by atoms with E-state index in [0.29, 0.717) is 23.7 Å². The number of aromatic nitrogens is 2. The number of hydrogen-bond acceptors (Lipinski definition) is 6. The predicted molar refractivity (Wildman–Crippen MR) is 115 cm³/mol. The molecule has 8 nitrogen and oxygen atoms in total. The van der Waals surface area contributed by atoms with Gasteiger partial charge < -0.3 is 9.72 Å². The third kappa shape index (κ3) is 4.42. The van der Waals surface area contributed by atoms with E-state index in [9.17, 15) is 22.4 Å². The molecule has 1 saturated heterocycles. The van der Waals surface area contributed by atoms with Crippen LogP contribution in [0.3, 0.4) is 0 Å². The smallest absolute Gasteiger partial charge is 0.309 e.